The molecule has 0 bridgehead atoms. The van der Waals surface area contributed by atoms with E-state index in [0.717, 1.165) is 0 Å². The Morgan fingerprint density at radius 2 is 2.06 bits per heavy atom. The first kappa shape index (κ1) is 12.8. The molecule has 6 heteroatoms. The average molecular weight is 237 g/mol. The van der Waals surface area contributed by atoms with Gasteiger partial charge in [0.1, 0.15) is 6.04 Å². The van der Waals surface area contributed by atoms with Gasteiger partial charge in [0.15, 0.2) is 5.84 Å². The molecule has 0 spiro atoms. The van der Waals surface area contributed by atoms with Crippen LogP contribution < -0.4 is 11.1 Å². The number of nitrogens with zero attached hydrogens (tertiary/aromatic N) is 1. The minimum atomic E-state index is -0.895. The largest absolute Gasteiger partial charge is 0.480 e. The highest BCUT2D eigenvalue weighted by Gasteiger charge is 2.14. The van der Waals surface area contributed by atoms with Crippen LogP contribution in [0.1, 0.15) is 18.9 Å². The van der Waals surface area contributed by atoms with Crippen molar-refractivity contribution in [2.45, 2.75) is 19.4 Å². The molecule has 0 saturated heterocycles. The molecule has 0 aliphatic carbocycles. The van der Waals surface area contributed by atoms with Gasteiger partial charge >= 0.3 is 5.97 Å². The Labute approximate surface area is 98.7 Å². The number of rotatable bonds is 5. The monoisotopic (exact) mass is 237 g/mol. The van der Waals surface area contributed by atoms with E-state index >= 15 is 0 Å². The summed E-state index contributed by atoms with van der Waals surface area (Å²) in [6, 6.07) is 6.03. The fourth-order valence-corrected chi connectivity index (χ4v) is 1.33. The molecule has 0 unspecified atom stereocenters. The van der Waals surface area contributed by atoms with E-state index in [1.165, 1.54) is 0 Å². The topological polar surface area (TPSA) is 108 Å². The SMILES string of the molecule is CC[C@@H](Nc1ccc(C(N)=NO)cc1)C(=O)O. The van der Waals surface area contributed by atoms with Crippen LogP contribution in [-0.2, 0) is 4.79 Å². The second-order valence-electron chi connectivity index (χ2n) is 3.51. The molecule has 17 heavy (non-hydrogen) atoms. The highest BCUT2D eigenvalue weighted by molar-refractivity contribution is 5.97. The van der Waals surface area contributed by atoms with Gasteiger partial charge in [-0.3, -0.25) is 0 Å². The van der Waals surface area contributed by atoms with Crippen molar-refractivity contribution in [1.29, 1.82) is 0 Å². The molecule has 1 rings (SSSR count). The highest BCUT2D eigenvalue weighted by atomic mass is 16.4. The summed E-state index contributed by atoms with van der Waals surface area (Å²) >= 11 is 0. The van der Waals surface area contributed by atoms with Crippen molar-refractivity contribution in [2.75, 3.05) is 5.32 Å². The van der Waals surface area contributed by atoms with Gasteiger partial charge in [-0.2, -0.15) is 0 Å². The minimum absolute atomic E-state index is 0.0156. The summed E-state index contributed by atoms with van der Waals surface area (Å²) < 4.78 is 0. The number of aliphatic carboxylic acids is 1. The Balaban J connectivity index is 2.78. The quantitative estimate of drug-likeness (QED) is 0.265. The molecule has 92 valence electrons. The number of anilines is 1. The molecule has 0 aromatic heterocycles. The molecular formula is C11H15N3O3. The standard InChI is InChI=1S/C11H15N3O3/c1-2-9(11(15)16)13-8-5-3-7(4-6-8)10(12)14-17/h3-6,9,13,17H,2H2,1H3,(H2,12,14)(H,15,16)/t9-/m1/s1. The number of oxime groups is 1. The molecule has 0 fully saturated rings. The van der Waals surface area contributed by atoms with Gasteiger partial charge in [-0.05, 0) is 30.7 Å². The van der Waals surface area contributed by atoms with Crippen molar-refractivity contribution in [2.24, 2.45) is 10.9 Å². The molecule has 6 nitrogen and oxygen atoms in total. The second kappa shape index (κ2) is 5.74. The van der Waals surface area contributed by atoms with Crippen molar-refractivity contribution < 1.29 is 15.1 Å². The number of carbonyl (C=O) groups is 1. The lowest BCUT2D eigenvalue weighted by atomic mass is 10.1. The minimum Gasteiger partial charge on any atom is -0.480 e. The number of benzene rings is 1. The lowest BCUT2D eigenvalue weighted by Gasteiger charge is -2.13. The Morgan fingerprint density at radius 1 is 1.47 bits per heavy atom. The highest BCUT2D eigenvalue weighted by Crippen LogP contribution is 2.12. The van der Waals surface area contributed by atoms with Crippen LogP contribution in [-0.4, -0.2) is 28.2 Å². The normalized spacial score (nSPS) is 13.1. The zero-order valence-corrected chi connectivity index (χ0v) is 9.42. The molecule has 0 aliphatic rings. The molecule has 0 aliphatic heterocycles. The van der Waals surface area contributed by atoms with E-state index in [-0.39, 0.29) is 5.84 Å². The second-order valence-corrected chi connectivity index (χ2v) is 3.51. The number of hydrogen-bond donors (Lipinski definition) is 4. The lowest BCUT2D eigenvalue weighted by Crippen LogP contribution is -2.28. The molecule has 1 aromatic carbocycles. The van der Waals surface area contributed by atoms with E-state index in [1.54, 1.807) is 31.2 Å². The van der Waals surface area contributed by atoms with E-state index in [2.05, 4.69) is 10.5 Å². The van der Waals surface area contributed by atoms with Crippen molar-refractivity contribution in [3.05, 3.63) is 29.8 Å². The molecule has 5 N–H and O–H groups in total. The summed E-state index contributed by atoms with van der Waals surface area (Å²) in [5.74, 6) is -0.880. The molecule has 1 atom stereocenters. The number of amidine groups is 1. The van der Waals surface area contributed by atoms with Crippen LogP contribution in [0.4, 0.5) is 5.69 Å². The Hall–Kier alpha value is -2.24. The van der Waals surface area contributed by atoms with Crippen molar-refractivity contribution in [3.63, 3.8) is 0 Å². The van der Waals surface area contributed by atoms with Crippen molar-refractivity contribution in [3.8, 4) is 0 Å². The van der Waals surface area contributed by atoms with E-state index in [4.69, 9.17) is 16.0 Å². The van der Waals surface area contributed by atoms with Crippen LogP contribution in [0.5, 0.6) is 0 Å². The number of carboxylic acid groups (broad SMARTS) is 1. The zero-order chi connectivity index (χ0) is 12.8. The molecule has 1 aromatic rings. The third-order valence-electron chi connectivity index (χ3n) is 2.34. The Kier molecular flexibility index (Phi) is 4.33. The van der Waals surface area contributed by atoms with Gasteiger partial charge in [0.05, 0.1) is 0 Å². The average Bonchev–Trinajstić information content (AvgIpc) is 2.35. The van der Waals surface area contributed by atoms with E-state index < -0.39 is 12.0 Å². The Morgan fingerprint density at radius 3 is 2.47 bits per heavy atom. The maximum Gasteiger partial charge on any atom is 0.326 e. The molecular weight excluding hydrogens is 222 g/mol. The number of nitrogens with two attached hydrogens (primary N) is 1. The van der Waals surface area contributed by atoms with Crippen LogP contribution in [0.3, 0.4) is 0 Å². The molecule has 0 amide bonds. The van der Waals surface area contributed by atoms with Gasteiger partial charge < -0.3 is 21.4 Å². The van der Waals surface area contributed by atoms with Gasteiger partial charge in [-0.25, -0.2) is 4.79 Å². The third-order valence-corrected chi connectivity index (χ3v) is 2.34. The number of hydrogen-bond acceptors (Lipinski definition) is 4. The summed E-state index contributed by atoms with van der Waals surface area (Å²) in [5, 5.41) is 23.1. The van der Waals surface area contributed by atoms with Gasteiger partial charge in [-0.15, -0.1) is 0 Å². The maximum atomic E-state index is 10.8. The molecule has 0 saturated carbocycles. The van der Waals surface area contributed by atoms with Crippen LogP contribution in [0, 0.1) is 0 Å². The fraction of sp³-hybridized carbons (Fsp3) is 0.273. The summed E-state index contributed by atoms with van der Waals surface area (Å²) in [5.41, 5.74) is 6.65. The third kappa shape index (κ3) is 3.37. The first-order chi connectivity index (χ1) is 8.08. The predicted octanol–water partition coefficient (Wildman–Crippen LogP) is 1.06. The van der Waals surface area contributed by atoms with Crippen LogP contribution in [0.2, 0.25) is 0 Å². The predicted molar refractivity (Wildman–Crippen MR) is 64.3 cm³/mol. The lowest BCUT2D eigenvalue weighted by molar-refractivity contribution is -0.137. The summed E-state index contributed by atoms with van der Waals surface area (Å²) in [7, 11) is 0. The van der Waals surface area contributed by atoms with Crippen LogP contribution >= 0.6 is 0 Å². The first-order valence-electron chi connectivity index (χ1n) is 5.15. The first-order valence-corrected chi connectivity index (χ1v) is 5.15. The van der Waals surface area contributed by atoms with E-state index in [0.29, 0.717) is 17.7 Å². The number of carboxylic acids is 1. The van der Waals surface area contributed by atoms with Gasteiger partial charge in [0.2, 0.25) is 0 Å². The van der Waals surface area contributed by atoms with Gasteiger partial charge in [-0.1, -0.05) is 12.1 Å². The van der Waals surface area contributed by atoms with Crippen LogP contribution in [0.15, 0.2) is 29.4 Å². The van der Waals surface area contributed by atoms with E-state index in [9.17, 15) is 4.79 Å². The fourth-order valence-electron chi connectivity index (χ4n) is 1.33. The summed E-state index contributed by atoms with van der Waals surface area (Å²) in [4.78, 5) is 10.8. The summed E-state index contributed by atoms with van der Waals surface area (Å²) in [6.45, 7) is 1.79. The van der Waals surface area contributed by atoms with Crippen molar-refractivity contribution in [1.82, 2.24) is 0 Å². The van der Waals surface area contributed by atoms with Crippen molar-refractivity contribution >= 4 is 17.5 Å². The maximum absolute atomic E-state index is 10.8. The van der Waals surface area contributed by atoms with E-state index in [1.807, 2.05) is 0 Å². The molecule has 0 radical (unpaired) electrons. The smallest absolute Gasteiger partial charge is 0.326 e. The molecule has 0 heterocycles. The number of nitrogens with one attached hydrogen (secondary N) is 1. The summed E-state index contributed by atoms with van der Waals surface area (Å²) in [6.07, 6.45) is 0.483. The zero-order valence-electron chi connectivity index (χ0n) is 9.42. The van der Waals surface area contributed by atoms with Gasteiger partial charge in [0, 0.05) is 11.3 Å². The van der Waals surface area contributed by atoms with Gasteiger partial charge in [0.25, 0.3) is 0 Å². The Bertz CT molecular complexity index is 414. The van der Waals surface area contributed by atoms with Crippen LogP contribution in [0.25, 0.3) is 0 Å².